The number of carbonyl (C=O) groups is 1. The molecule has 5 atom stereocenters. The zero-order valence-electron chi connectivity index (χ0n) is 18.9. The number of allylic oxidation sites excluding steroid dienone is 4. The van der Waals surface area contributed by atoms with Gasteiger partial charge in [0.25, 0.3) is 0 Å². The second-order valence-corrected chi connectivity index (χ2v) is 10.4. The second-order valence-electron chi connectivity index (χ2n) is 10.4. The van der Waals surface area contributed by atoms with Gasteiger partial charge in [-0.2, -0.15) is 0 Å². The van der Waals surface area contributed by atoms with E-state index in [4.69, 9.17) is 9.47 Å². The van der Waals surface area contributed by atoms with Crippen LogP contribution < -0.4 is 9.47 Å². The van der Waals surface area contributed by atoms with Crippen LogP contribution in [0.15, 0.2) is 41.0 Å². The molecule has 0 saturated heterocycles. The Bertz CT molecular complexity index is 1130. The zero-order valence-corrected chi connectivity index (χ0v) is 18.9. The third kappa shape index (κ3) is 2.70. The molecule has 0 spiro atoms. The van der Waals surface area contributed by atoms with Gasteiger partial charge in [-0.3, -0.25) is 4.79 Å². The maximum atomic E-state index is 12.2. The van der Waals surface area contributed by atoms with Crippen LogP contribution in [0, 0.1) is 29.1 Å². The van der Waals surface area contributed by atoms with E-state index in [1.807, 2.05) is 19.1 Å². The van der Waals surface area contributed by atoms with Crippen molar-refractivity contribution in [2.45, 2.75) is 70.3 Å². The molecule has 0 bridgehead atoms. The topological polar surface area (TPSA) is 55.8 Å². The Morgan fingerprint density at radius 3 is 2.81 bits per heavy atom. The molecule has 0 aromatic heterocycles. The van der Waals surface area contributed by atoms with E-state index in [2.05, 4.69) is 30.9 Å². The quantitative estimate of drug-likeness (QED) is 0.632. The SMILES string of the molecule is CC#C[C@]1(O)CC[C@H]2[C@@H]3CCC4=CC(=O)CCC4=C3[C@@H](c3ccc4c(c3)OCO4)CC21C. The number of hydrogen-bond donors (Lipinski definition) is 1. The van der Waals surface area contributed by atoms with Gasteiger partial charge in [0.1, 0.15) is 5.60 Å². The Kier molecular flexibility index (Phi) is 4.40. The van der Waals surface area contributed by atoms with Crippen molar-refractivity contribution in [2.75, 3.05) is 6.79 Å². The standard InChI is InChI=1S/C28H30O4/c1-3-11-28(30)12-10-23-21-7-4-17-13-19(29)6-8-20(17)26(21)22(15-27(23,28)2)18-5-9-24-25(14-18)32-16-31-24/h5,9,13-14,21-23,30H,4,6-8,10,12,15-16H2,1-2H3/t21-,22+,23-,27?,28-/m0/s1. The molecule has 2 saturated carbocycles. The first-order chi connectivity index (χ1) is 15.4. The van der Waals surface area contributed by atoms with E-state index >= 15 is 0 Å². The van der Waals surface area contributed by atoms with Crippen molar-refractivity contribution in [2.24, 2.45) is 17.3 Å². The maximum absolute atomic E-state index is 12.2. The number of hydrogen-bond acceptors (Lipinski definition) is 4. The minimum atomic E-state index is -0.949. The highest BCUT2D eigenvalue weighted by Crippen LogP contribution is 2.66. The van der Waals surface area contributed by atoms with Gasteiger partial charge >= 0.3 is 0 Å². The minimum absolute atomic E-state index is 0.186. The lowest BCUT2D eigenvalue weighted by Gasteiger charge is -2.53. The van der Waals surface area contributed by atoms with Gasteiger partial charge in [0.05, 0.1) is 0 Å². The molecule has 1 N–H and O–H groups in total. The molecule has 4 aliphatic carbocycles. The molecule has 1 heterocycles. The monoisotopic (exact) mass is 430 g/mol. The van der Waals surface area contributed by atoms with Gasteiger partial charge in [-0.05, 0) is 92.2 Å². The zero-order chi connectivity index (χ0) is 22.1. The van der Waals surface area contributed by atoms with Crippen LogP contribution in [0.25, 0.3) is 0 Å². The van der Waals surface area contributed by atoms with Crippen LogP contribution in [0.4, 0.5) is 0 Å². The van der Waals surface area contributed by atoms with Crippen molar-refractivity contribution in [3.05, 3.63) is 46.6 Å². The molecule has 4 heteroatoms. The van der Waals surface area contributed by atoms with Gasteiger partial charge in [-0.25, -0.2) is 0 Å². The van der Waals surface area contributed by atoms with Crippen LogP contribution in [0.1, 0.15) is 70.3 Å². The highest BCUT2D eigenvalue weighted by molar-refractivity contribution is 5.93. The molecular weight excluding hydrogens is 400 g/mol. The van der Waals surface area contributed by atoms with E-state index in [1.165, 1.54) is 22.3 Å². The van der Waals surface area contributed by atoms with Gasteiger partial charge in [0, 0.05) is 17.8 Å². The molecule has 4 nitrogen and oxygen atoms in total. The summed E-state index contributed by atoms with van der Waals surface area (Å²) in [6, 6.07) is 6.31. The number of ketones is 1. The highest BCUT2D eigenvalue weighted by atomic mass is 16.7. The van der Waals surface area contributed by atoms with Crippen LogP contribution in [0.2, 0.25) is 0 Å². The van der Waals surface area contributed by atoms with Gasteiger partial charge < -0.3 is 14.6 Å². The number of carbonyl (C=O) groups excluding carboxylic acids is 1. The molecule has 1 aromatic rings. The number of ether oxygens (including phenoxy) is 2. The van der Waals surface area contributed by atoms with E-state index < -0.39 is 5.60 Å². The first-order valence-corrected chi connectivity index (χ1v) is 12.0. The third-order valence-electron chi connectivity index (χ3n) is 9.02. The average molecular weight is 431 g/mol. The minimum Gasteiger partial charge on any atom is -0.454 e. The Morgan fingerprint density at radius 2 is 1.97 bits per heavy atom. The summed E-state index contributed by atoms with van der Waals surface area (Å²) in [5.41, 5.74) is 4.20. The van der Waals surface area contributed by atoms with Crippen molar-refractivity contribution in [1.82, 2.24) is 0 Å². The number of benzene rings is 1. The molecule has 0 radical (unpaired) electrons. The summed E-state index contributed by atoms with van der Waals surface area (Å²) in [5.74, 6) is 9.14. The van der Waals surface area contributed by atoms with Gasteiger partial charge in [0.2, 0.25) is 6.79 Å². The normalized spacial score (nSPS) is 37.2. The molecular formula is C28H30O4. The fraction of sp³-hybridized carbons (Fsp3) is 0.536. The lowest BCUT2D eigenvalue weighted by molar-refractivity contribution is -0.114. The molecule has 2 fully saturated rings. The van der Waals surface area contributed by atoms with E-state index in [1.54, 1.807) is 0 Å². The van der Waals surface area contributed by atoms with Gasteiger partial charge in [-0.15, -0.1) is 5.92 Å². The summed E-state index contributed by atoms with van der Waals surface area (Å²) in [6.07, 6.45) is 7.98. The van der Waals surface area contributed by atoms with E-state index in [-0.39, 0.29) is 23.9 Å². The van der Waals surface area contributed by atoms with Crippen molar-refractivity contribution >= 4 is 5.78 Å². The van der Waals surface area contributed by atoms with Crippen LogP contribution in [0.3, 0.4) is 0 Å². The summed E-state index contributed by atoms with van der Waals surface area (Å²) in [4.78, 5) is 12.2. The predicted molar refractivity (Wildman–Crippen MR) is 121 cm³/mol. The van der Waals surface area contributed by atoms with Gasteiger partial charge in [-0.1, -0.05) is 24.5 Å². The van der Waals surface area contributed by atoms with Crippen molar-refractivity contribution < 1.29 is 19.4 Å². The molecule has 1 aromatic carbocycles. The molecule has 5 aliphatic rings. The Labute approximate surface area is 189 Å². The molecule has 166 valence electrons. The number of rotatable bonds is 1. The molecule has 1 unspecified atom stereocenters. The number of fused-ring (bicyclic) bond motifs is 5. The lowest BCUT2D eigenvalue weighted by atomic mass is 9.51. The smallest absolute Gasteiger partial charge is 0.231 e. The summed E-state index contributed by atoms with van der Waals surface area (Å²) < 4.78 is 11.3. The second kappa shape index (κ2) is 6.99. The summed E-state index contributed by atoms with van der Waals surface area (Å²) >= 11 is 0. The van der Waals surface area contributed by atoms with Crippen molar-refractivity contribution in [3.8, 4) is 23.3 Å². The fourth-order valence-electron chi connectivity index (χ4n) is 7.51. The van der Waals surface area contributed by atoms with Crippen LogP contribution in [-0.2, 0) is 4.79 Å². The summed E-state index contributed by atoms with van der Waals surface area (Å²) in [7, 11) is 0. The highest BCUT2D eigenvalue weighted by Gasteiger charge is 2.62. The summed E-state index contributed by atoms with van der Waals surface area (Å²) in [6.45, 7) is 4.36. The molecule has 6 rings (SSSR count). The third-order valence-corrected chi connectivity index (χ3v) is 9.02. The molecule has 1 aliphatic heterocycles. The average Bonchev–Trinajstić information content (AvgIpc) is 3.35. The van der Waals surface area contributed by atoms with E-state index in [9.17, 15) is 9.90 Å². The summed E-state index contributed by atoms with van der Waals surface area (Å²) in [5, 5.41) is 11.7. The van der Waals surface area contributed by atoms with Crippen molar-refractivity contribution in [3.63, 3.8) is 0 Å². The molecule has 0 amide bonds. The lowest BCUT2D eigenvalue weighted by Crippen LogP contribution is -2.51. The Hall–Kier alpha value is -2.51. The molecule has 32 heavy (non-hydrogen) atoms. The van der Waals surface area contributed by atoms with Crippen LogP contribution >= 0.6 is 0 Å². The van der Waals surface area contributed by atoms with E-state index in [0.29, 0.717) is 18.3 Å². The van der Waals surface area contributed by atoms with E-state index in [0.717, 1.165) is 50.0 Å². The van der Waals surface area contributed by atoms with Crippen LogP contribution in [-0.4, -0.2) is 23.3 Å². The van der Waals surface area contributed by atoms with Gasteiger partial charge in [0.15, 0.2) is 17.3 Å². The number of aliphatic hydroxyl groups is 1. The first-order valence-electron chi connectivity index (χ1n) is 12.0. The van der Waals surface area contributed by atoms with Crippen molar-refractivity contribution in [1.29, 1.82) is 0 Å². The largest absolute Gasteiger partial charge is 0.454 e. The Balaban J connectivity index is 1.54. The van der Waals surface area contributed by atoms with Crippen LogP contribution in [0.5, 0.6) is 11.5 Å². The first kappa shape index (κ1) is 20.1. The predicted octanol–water partition coefficient (Wildman–Crippen LogP) is 5.07. The Morgan fingerprint density at radius 1 is 1.12 bits per heavy atom. The maximum Gasteiger partial charge on any atom is 0.231 e. The fourth-order valence-corrected chi connectivity index (χ4v) is 7.51.